The number of rotatable bonds is 4. The number of nitrogens with one attached hydrogen (secondary N) is 1. The van der Waals surface area contributed by atoms with E-state index < -0.39 is 6.09 Å². The molecule has 0 unspecified atom stereocenters. The van der Waals surface area contributed by atoms with Crippen molar-refractivity contribution in [3.8, 4) is 5.75 Å². The molecule has 0 radical (unpaired) electrons. The zero-order chi connectivity index (χ0) is 13.5. The van der Waals surface area contributed by atoms with Gasteiger partial charge >= 0.3 is 6.09 Å². The minimum Gasteiger partial charge on any atom is -0.410 e. The van der Waals surface area contributed by atoms with Crippen LogP contribution in [0.2, 0.25) is 0 Å². The quantitative estimate of drug-likeness (QED) is 0.916. The van der Waals surface area contributed by atoms with E-state index >= 15 is 0 Å². The Kier molecular flexibility index (Phi) is 4.50. The van der Waals surface area contributed by atoms with Gasteiger partial charge in [-0.25, -0.2) is 9.18 Å². The van der Waals surface area contributed by atoms with Crippen molar-refractivity contribution in [1.29, 1.82) is 0 Å². The predicted octanol–water partition coefficient (Wildman–Crippen LogP) is 3.16. The van der Waals surface area contributed by atoms with Gasteiger partial charge in [-0.2, -0.15) is 0 Å². The molecule has 0 saturated heterocycles. The molecule has 0 aliphatic rings. The molecule has 0 bridgehead atoms. The van der Waals surface area contributed by atoms with Crippen molar-refractivity contribution in [1.82, 2.24) is 5.32 Å². The molecule has 1 N–H and O–H groups in total. The number of carbonyl (C=O) groups excluding carboxylic acids is 1. The monoisotopic (exact) mass is 259 g/mol. The first kappa shape index (κ1) is 13.1. The van der Waals surface area contributed by atoms with Crippen molar-refractivity contribution >= 4 is 6.09 Å². The van der Waals surface area contributed by atoms with E-state index in [1.807, 2.05) is 6.07 Å². The lowest BCUT2D eigenvalue weighted by molar-refractivity contribution is 0.200. The zero-order valence-electron chi connectivity index (χ0n) is 10.3. The van der Waals surface area contributed by atoms with Crippen LogP contribution < -0.4 is 10.1 Å². The Morgan fingerprint density at radius 3 is 2.47 bits per heavy atom. The first-order valence-electron chi connectivity index (χ1n) is 6.00. The SMILES string of the molecule is O=C(NCCc1ccccc1F)Oc1ccccc1. The number of hydrogen-bond acceptors (Lipinski definition) is 2. The van der Waals surface area contributed by atoms with Gasteiger partial charge in [0.15, 0.2) is 0 Å². The molecule has 0 aromatic heterocycles. The Labute approximate surface area is 111 Å². The molecule has 0 heterocycles. The van der Waals surface area contributed by atoms with Crippen LogP contribution in [-0.4, -0.2) is 12.6 Å². The molecule has 2 aromatic rings. The van der Waals surface area contributed by atoms with Crippen LogP contribution in [-0.2, 0) is 6.42 Å². The van der Waals surface area contributed by atoms with Gasteiger partial charge < -0.3 is 10.1 Å². The zero-order valence-corrected chi connectivity index (χ0v) is 10.3. The Morgan fingerprint density at radius 1 is 1.05 bits per heavy atom. The summed E-state index contributed by atoms with van der Waals surface area (Å²) >= 11 is 0. The van der Waals surface area contributed by atoms with Crippen molar-refractivity contribution in [3.63, 3.8) is 0 Å². The Morgan fingerprint density at radius 2 is 1.74 bits per heavy atom. The fourth-order valence-electron chi connectivity index (χ4n) is 1.63. The maximum absolute atomic E-state index is 13.3. The number of hydrogen-bond donors (Lipinski definition) is 1. The van der Waals surface area contributed by atoms with Crippen LogP contribution in [0.3, 0.4) is 0 Å². The number of benzene rings is 2. The summed E-state index contributed by atoms with van der Waals surface area (Å²) in [5.41, 5.74) is 0.572. The largest absolute Gasteiger partial charge is 0.412 e. The highest BCUT2D eigenvalue weighted by Gasteiger charge is 2.04. The van der Waals surface area contributed by atoms with E-state index in [9.17, 15) is 9.18 Å². The Hall–Kier alpha value is -2.36. The first-order chi connectivity index (χ1) is 9.25. The molecular weight excluding hydrogens is 245 g/mol. The fourth-order valence-corrected chi connectivity index (χ4v) is 1.63. The van der Waals surface area contributed by atoms with E-state index in [4.69, 9.17) is 4.74 Å². The molecule has 1 amide bonds. The van der Waals surface area contributed by atoms with Gasteiger partial charge in [0.05, 0.1) is 0 Å². The van der Waals surface area contributed by atoms with Crippen molar-refractivity contribution < 1.29 is 13.9 Å². The average molecular weight is 259 g/mol. The van der Waals surface area contributed by atoms with Crippen LogP contribution in [0.5, 0.6) is 5.75 Å². The van der Waals surface area contributed by atoms with Gasteiger partial charge in [-0.05, 0) is 30.2 Å². The van der Waals surface area contributed by atoms with Crippen molar-refractivity contribution in [2.24, 2.45) is 0 Å². The normalized spacial score (nSPS) is 9.95. The standard InChI is InChI=1S/C15H14FNO2/c16-14-9-5-4-6-12(14)10-11-17-15(18)19-13-7-2-1-3-8-13/h1-9H,10-11H2,(H,17,18). The molecule has 3 nitrogen and oxygen atoms in total. The van der Waals surface area contributed by atoms with Crippen LogP contribution in [0, 0.1) is 5.82 Å². The summed E-state index contributed by atoms with van der Waals surface area (Å²) in [6.45, 7) is 0.326. The van der Waals surface area contributed by atoms with Crippen molar-refractivity contribution in [3.05, 3.63) is 66.0 Å². The van der Waals surface area contributed by atoms with Gasteiger partial charge in [-0.3, -0.25) is 0 Å². The minimum absolute atomic E-state index is 0.263. The van der Waals surface area contributed by atoms with Gasteiger partial charge in [0, 0.05) is 6.54 Å². The van der Waals surface area contributed by atoms with E-state index in [0.717, 1.165) is 0 Å². The summed E-state index contributed by atoms with van der Waals surface area (Å²) < 4.78 is 18.4. The van der Waals surface area contributed by atoms with Crippen LogP contribution in [0.1, 0.15) is 5.56 Å². The lowest BCUT2D eigenvalue weighted by atomic mass is 10.1. The topological polar surface area (TPSA) is 38.3 Å². The highest BCUT2D eigenvalue weighted by atomic mass is 19.1. The maximum Gasteiger partial charge on any atom is 0.412 e. The van der Waals surface area contributed by atoms with E-state index in [0.29, 0.717) is 24.3 Å². The van der Waals surface area contributed by atoms with E-state index in [-0.39, 0.29) is 5.82 Å². The number of ether oxygens (including phenoxy) is 1. The molecule has 0 fully saturated rings. The smallest absolute Gasteiger partial charge is 0.410 e. The van der Waals surface area contributed by atoms with Gasteiger partial charge in [0.1, 0.15) is 11.6 Å². The second-order valence-corrected chi connectivity index (χ2v) is 3.97. The van der Waals surface area contributed by atoms with Gasteiger partial charge in [-0.1, -0.05) is 36.4 Å². The summed E-state index contributed by atoms with van der Waals surface area (Å²) in [6.07, 6.45) is -0.112. The average Bonchev–Trinajstić information content (AvgIpc) is 2.42. The third kappa shape index (κ3) is 4.10. The van der Waals surface area contributed by atoms with E-state index in [2.05, 4.69) is 5.32 Å². The minimum atomic E-state index is -0.539. The van der Waals surface area contributed by atoms with Crippen LogP contribution in [0.4, 0.5) is 9.18 Å². The molecule has 0 saturated carbocycles. The third-order valence-corrected chi connectivity index (χ3v) is 2.58. The van der Waals surface area contributed by atoms with Gasteiger partial charge in [0.2, 0.25) is 0 Å². The number of para-hydroxylation sites is 1. The van der Waals surface area contributed by atoms with Crippen LogP contribution in [0.25, 0.3) is 0 Å². The van der Waals surface area contributed by atoms with E-state index in [1.54, 1.807) is 42.5 Å². The lowest BCUT2D eigenvalue weighted by Crippen LogP contribution is -2.28. The molecule has 98 valence electrons. The summed E-state index contributed by atoms with van der Waals surface area (Å²) in [4.78, 5) is 11.5. The summed E-state index contributed by atoms with van der Waals surface area (Å²) in [7, 11) is 0. The molecule has 0 aliphatic carbocycles. The maximum atomic E-state index is 13.3. The molecular formula is C15H14FNO2. The van der Waals surface area contributed by atoms with Crippen molar-refractivity contribution in [2.75, 3.05) is 6.54 Å². The van der Waals surface area contributed by atoms with Crippen molar-refractivity contribution in [2.45, 2.75) is 6.42 Å². The Bertz CT molecular complexity index is 543. The summed E-state index contributed by atoms with van der Waals surface area (Å²) in [5.74, 6) is 0.214. The predicted molar refractivity (Wildman–Crippen MR) is 70.6 cm³/mol. The molecule has 0 atom stereocenters. The lowest BCUT2D eigenvalue weighted by Gasteiger charge is -2.07. The first-order valence-corrected chi connectivity index (χ1v) is 6.00. The molecule has 2 aromatic carbocycles. The number of carbonyl (C=O) groups is 1. The molecule has 0 spiro atoms. The van der Waals surface area contributed by atoms with Crippen LogP contribution in [0.15, 0.2) is 54.6 Å². The second-order valence-electron chi connectivity index (χ2n) is 3.97. The molecule has 4 heteroatoms. The van der Waals surface area contributed by atoms with Crippen LogP contribution >= 0.6 is 0 Å². The number of halogens is 1. The fraction of sp³-hybridized carbons (Fsp3) is 0.133. The highest BCUT2D eigenvalue weighted by Crippen LogP contribution is 2.08. The van der Waals surface area contributed by atoms with Gasteiger partial charge in [-0.15, -0.1) is 0 Å². The summed E-state index contributed by atoms with van der Waals surface area (Å²) in [6, 6.07) is 15.3. The molecule has 0 aliphatic heterocycles. The highest BCUT2D eigenvalue weighted by molar-refractivity contribution is 5.70. The molecule has 2 rings (SSSR count). The number of amides is 1. The van der Waals surface area contributed by atoms with Gasteiger partial charge in [0.25, 0.3) is 0 Å². The Balaban J connectivity index is 1.77. The molecule has 19 heavy (non-hydrogen) atoms. The van der Waals surface area contributed by atoms with E-state index in [1.165, 1.54) is 6.07 Å². The second kappa shape index (κ2) is 6.54. The summed E-state index contributed by atoms with van der Waals surface area (Å²) in [5, 5.41) is 2.58. The third-order valence-electron chi connectivity index (χ3n) is 2.58.